The molecule has 59 heavy (non-hydrogen) atoms. The number of rotatable bonds is 5. The van der Waals surface area contributed by atoms with E-state index in [2.05, 4.69) is 44.5 Å². The second kappa shape index (κ2) is 15.9. The highest BCUT2D eigenvalue weighted by atomic mass is 16.5. The number of likely N-dealkylation sites (N-methyl/N-ethyl adjacent to an activating group) is 2. The molecular formula is C40H40N10O9. The first kappa shape index (κ1) is 41.3. The third-order valence-corrected chi connectivity index (χ3v) is 9.98. The van der Waals surface area contributed by atoms with Crippen molar-refractivity contribution >= 4 is 35.5 Å². The lowest BCUT2D eigenvalue weighted by Gasteiger charge is -2.13. The summed E-state index contributed by atoms with van der Waals surface area (Å²) < 4.78 is 7.79. The minimum Gasteiger partial charge on any atom is -0.461 e. The van der Waals surface area contributed by atoms with Crippen LogP contribution in [0.4, 0.5) is 0 Å². The van der Waals surface area contributed by atoms with Crippen LogP contribution in [0.1, 0.15) is 84.0 Å². The second-order valence-corrected chi connectivity index (χ2v) is 13.9. The Labute approximate surface area is 337 Å². The zero-order valence-electron chi connectivity index (χ0n) is 32.3. The molecule has 0 aliphatic carbocycles. The van der Waals surface area contributed by atoms with E-state index in [1.807, 2.05) is 0 Å². The van der Waals surface area contributed by atoms with Crippen molar-refractivity contribution in [3.05, 3.63) is 93.6 Å². The first-order valence-electron chi connectivity index (χ1n) is 18.1. The van der Waals surface area contributed by atoms with Crippen LogP contribution in [0.2, 0.25) is 0 Å². The van der Waals surface area contributed by atoms with Gasteiger partial charge in [-0.2, -0.15) is 10.2 Å². The van der Waals surface area contributed by atoms with Crippen molar-refractivity contribution < 1.29 is 43.7 Å². The van der Waals surface area contributed by atoms with Gasteiger partial charge in [-0.1, -0.05) is 35.8 Å². The predicted molar refractivity (Wildman–Crippen MR) is 207 cm³/mol. The third-order valence-electron chi connectivity index (χ3n) is 9.98. The number of carbonyl (C=O) groups excluding carboxylic acids is 6. The summed E-state index contributed by atoms with van der Waals surface area (Å²) in [4.78, 5) is 75.4. The molecule has 19 heteroatoms. The number of nitrogens with two attached hydrogens (primary N) is 1. The summed E-state index contributed by atoms with van der Waals surface area (Å²) in [7, 11) is 3.23. The fourth-order valence-electron chi connectivity index (χ4n) is 6.86. The van der Waals surface area contributed by atoms with Crippen LogP contribution in [0.3, 0.4) is 0 Å². The number of primary amides is 1. The minimum absolute atomic E-state index is 0. The number of nitrogens with zero attached hydrogens (tertiary/aromatic N) is 6. The lowest BCUT2D eigenvalue weighted by atomic mass is 10.0. The van der Waals surface area contributed by atoms with Gasteiger partial charge in [-0.3, -0.25) is 24.0 Å². The molecule has 6 heterocycles. The van der Waals surface area contributed by atoms with Gasteiger partial charge in [0.25, 0.3) is 29.5 Å². The Bertz CT molecular complexity index is 2570. The zero-order chi connectivity index (χ0) is 41.5. The van der Waals surface area contributed by atoms with E-state index in [9.17, 15) is 39.0 Å². The van der Waals surface area contributed by atoms with Crippen molar-refractivity contribution in [3.8, 4) is 35.1 Å². The quantitative estimate of drug-likeness (QED) is 0.111. The lowest BCUT2D eigenvalue weighted by Crippen LogP contribution is -2.37. The Morgan fingerprint density at radius 2 is 1.22 bits per heavy atom. The molecule has 9 N–H and O–H groups in total. The molecule has 4 aliphatic rings. The number of ether oxygens (including phenoxy) is 1. The van der Waals surface area contributed by atoms with E-state index < -0.39 is 34.9 Å². The molecule has 2 aromatic carbocycles. The summed E-state index contributed by atoms with van der Waals surface area (Å²) >= 11 is 0. The second-order valence-electron chi connectivity index (χ2n) is 13.9. The van der Waals surface area contributed by atoms with Gasteiger partial charge >= 0.3 is 5.97 Å². The van der Waals surface area contributed by atoms with Gasteiger partial charge < -0.3 is 47.3 Å². The van der Waals surface area contributed by atoms with Gasteiger partial charge in [0, 0.05) is 75.4 Å². The number of benzene rings is 2. The molecule has 0 radical (unpaired) electrons. The molecule has 4 aliphatic heterocycles. The van der Waals surface area contributed by atoms with E-state index in [1.54, 1.807) is 69.6 Å². The van der Waals surface area contributed by atoms with Gasteiger partial charge in [0.2, 0.25) is 11.2 Å². The van der Waals surface area contributed by atoms with E-state index in [-0.39, 0.29) is 73.3 Å². The Balaban J connectivity index is 0.000000195. The lowest BCUT2D eigenvalue weighted by molar-refractivity contribution is -0.138. The SMILES string of the molecule is CCOC(=O)c1nn(-c2cccc(C#C[C@]3(O)CCN(C)C3=O)c2)c2c1CNC2=O.CN1CC[C@@](O)(C#Cc2cccc(-n3nc(C(N)=O)c4c3C(=O)NC4)c2)C1=O.N. The van der Waals surface area contributed by atoms with Crippen molar-refractivity contribution in [1.29, 1.82) is 0 Å². The molecule has 8 rings (SSSR count). The Hall–Kier alpha value is -7.32. The highest BCUT2D eigenvalue weighted by Gasteiger charge is 2.43. The number of aromatic nitrogens is 4. The van der Waals surface area contributed by atoms with Crippen molar-refractivity contribution in [2.45, 2.75) is 44.1 Å². The smallest absolute Gasteiger partial charge is 0.359 e. The van der Waals surface area contributed by atoms with Crippen LogP contribution in [0.5, 0.6) is 0 Å². The first-order valence-corrected chi connectivity index (χ1v) is 18.1. The highest BCUT2D eigenvalue weighted by Crippen LogP contribution is 2.27. The van der Waals surface area contributed by atoms with Gasteiger partial charge in [0.1, 0.15) is 11.4 Å². The van der Waals surface area contributed by atoms with Crippen molar-refractivity contribution in [3.63, 3.8) is 0 Å². The average molecular weight is 805 g/mol. The van der Waals surface area contributed by atoms with Gasteiger partial charge in [-0.05, 0) is 43.3 Å². The summed E-state index contributed by atoms with van der Waals surface area (Å²) in [6.45, 7) is 3.16. The molecule has 2 atom stereocenters. The Morgan fingerprint density at radius 3 is 1.63 bits per heavy atom. The molecule has 2 saturated heterocycles. The number of fused-ring (bicyclic) bond motifs is 2. The molecule has 5 amide bonds. The summed E-state index contributed by atoms with van der Waals surface area (Å²) in [5.74, 6) is 8.13. The number of hydrogen-bond donors (Lipinski definition) is 6. The van der Waals surface area contributed by atoms with E-state index in [0.717, 1.165) is 0 Å². The molecule has 0 spiro atoms. The fraction of sp³-hybridized carbons (Fsp3) is 0.300. The topological polar surface area (TPSA) is 279 Å². The molecule has 19 nitrogen and oxygen atoms in total. The van der Waals surface area contributed by atoms with Gasteiger partial charge in [-0.15, -0.1) is 0 Å². The molecule has 2 aromatic heterocycles. The van der Waals surface area contributed by atoms with Crippen LogP contribution < -0.4 is 22.5 Å². The minimum atomic E-state index is -1.70. The first-order chi connectivity index (χ1) is 27.6. The van der Waals surface area contributed by atoms with Crippen LogP contribution in [0, 0.1) is 23.7 Å². The maximum atomic E-state index is 12.3. The zero-order valence-corrected chi connectivity index (χ0v) is 32.3. The van der Waals surface area contributed by atoms with Crippen LogP contribution in [0.25, 0.3) is 11.4 Å². The van der Waals surface area contributed by atoms with Crippen molar-refractivity contribution in [2.75, 3.05) is 33.8 Å². The molecule has 0 saturated carbocycles. The number of carbonyl (C=O) groups is 6. The number of likely N-dealkylation sites (tertiary alicyclic amines) is 2. The van der Waals surface area contributed by atoms with E-state index in [0.29, 0.717) is 46.7 Å². The summed E-state index contributed by atoms with van der Waals surface area (Å²) in [6.07, 6.45) is 0.481. The molecule has 2 fully saturated rings. The standard InChI is InChI=1S/C21H20N4O5.C19H17N5O4.H3N/c1-3-30-19(27)16-15-12-22-18(26)17(15)25(23-16)14-6-4-5-13(11-14)7-8-21(29)9-10-24(2)20(21)28;1-23-8-7-19(28,18(23)27)6-5-11-3-2-4-12(9-11)24-15-13(10-21-17(15)26)14(22-24)16(20)25;/h4-6,11,29H,3,9-10,12H2,1-2H3,(H,22,26);2-4,9,28H,7-8,10H2,1H3,(H2,20,25)(H,21,26);1H3/t21-;19-;/m00./s1. The number of nitrogens with one attached hydrogen (secondary N) is 2. The molecule has 0 unspecified atom stereocenters. The largest absolute Gasteiger partial charge is 0.461 e. The number of hydrogen-bond acceptors (Lipinski definition) is 12. The van der Waals surface area contributed by atoms with Crippen molar-refractivity contribution in [1.82, 2.24) is 46.1 Å². The number of amides is 5. The van der Waals surface area contributed by atoms with Crippen LogP contribution in [0.15, 0.2) is 48.5 Å². The third kappa shape index (κ3) is 7.60. The summed E-state index contributed by atoms with van der Waals surface area (Å²) in [5.41, 5.74) is 5.67. The van der Waals surface area contributed by atoms with Crippen LogP contribution in [-0.4, -0.2) is 120 Å². The Morgan fingerprint density at radius 1 is 0.780 bits per heavy atom. The summed E-state index contributed by atoms with van der Waals surface area (Å²) in [5, 5.41) is 34.7. The maximum absolute atomic E-state index is 12.3. The normalized spacial score (nSPS) is 19.9. The maximum Gasteiger partial charge on any atom is 0.359 e. The molecule has 0 bridgehead atoms. The predicted octanol–water partition coefficient (Wildman–Crippen LogP) is -0.442. The highest BCUT2D eigenvalue weighted by molar-refractivity contribution is 6.03. The van der Waals surface area contributed by atoms with Crippen LogP contribution >= 0.6 is 0 Å². The van der Waals surface area contributed by atoms with Crippen LogP contribution in [-0.2, 0) is 27.4 Å². The van der Waals surface area contributed by atoms with E-state index in [4.69, 9.17) is 10.5 Å². The monoisotopic (exact) mass is 804 g/mol. The number of esters is 1. The van der Waals surface area contributed by atoms with E-state index in [1.165, 1.54) is 19.2 Å². The average Bonchev–Trinajstić information content (AvgIpc) is 4.06. The van der Waals surface area contributed by atoms with Gasteiger partial charge in [0.05, 0.1) is 18.0 Å². The van der Waals surface area contributed by atoms with Gasteiger partial charge in [0.15, 0.2) is 11.4 Å². The number of aliphatic hydroxyl groups is 2. The fourth-order valence-corrected chi connectivity index (χ4v) is 6.86. The van der Waals surface area contributed by atoms with E-state index >= 15 is 0 Å². The molecule has 4 aromatic rings. The molecule has 304 valence electrons. The van der Waals surface area contributed by atoms with Gasteiger partial charge in [-0.25, -0.2) is 14.2 Å². The molecular weight excluding hydrogens is 765 g/mol. The summed E-state index contributed by atoms with van der Waals surface area (Å²) in [6, 6.07) is 13.6. The Kier molecular flexibility index (Phi) is 11.1. The van der Waals surface area contributed by atoms with Crippen molar-refractivity contribution in [2.24, 2.45) is 5.73 Å².